The molecule has 0 fully saturated rings. The number of hydrogen-bond donors (Lipinski definition) is 0. The van der Waals surface area contributed by atoms with Gasteiger partial charge in [-0.1, -0.05) is 12.1 Å². The van der Waals surface area contributed by atoms with Gasteiger partial charge < -0.3 is 4.90 Å². The maximum Gasteiger partial charge on any atom is 0.255 e. The van der Waals surface area contributed by atoms with Gasteiger partial charge in [0.15, 0.2) is 0 Å². The van der Waals surface area contributed by atoms with Gasteiger partial charge in [0.1, 0.15) is 0 Å². The molecule has 3 heterocycles. The van der Waals surface area contributed by atoms with Gasteiger partial charge in [-0.3, -0.25) is 9.78 Å². The van der Waals surface area contributed by atoms with Crippen LogP contribution in [0.3, 0.4) is 0 Å². The van der Waals surface area contributed by atoms with Crippen molar-refractivity contribution < 1.29 is 4.79 Å². The minimum atomic E-state index is 0.0806. The van der Waals surface area contributed by atoms with E-state index in [0.29, 0.717) is 12.1 Å². The van der Waals surface area contributed by atoms with Crippen LogP contribution in [-0.4, -0.2) is 28.9 Å². The van der Waals surface area contributed by atoms with Crippen molar-refractivity contribution in [1.82, 2.24) is 9.88 Å². The van der Waals surface area contributed by atoms with E-state index >= 15 is 0 Å². The SMILES string of the molecule is Cc1ncccc1C(=O)N1CC=C(c2cccs2)CC1. The third kappa shape index (κ3) is 2.51. The molecule has 0 saturated heterocycles. The van der Waals surface area contributed by atoms with E-state index in [9.17, 15) is 4.79 Å². The Morgan fingerprint density at radius 3 is 2.90 bits per heavy atom. The maximum absolute atomic E-state index is 12.5. The minimum absolute atomic E-state index is 0.0806. The zero-order valence-electron chi connectivity index (χ0n) is 11.4. The van der Waals surface area contributed by atoms with Crippen molar-refractivity contribution in [3.8, 4) is 0 Å². The van der Waals surface area contributed by atoms with E-state index in [1.165, 1.54) is 10.5 Å². The summed E-state index contributed by atoms with van der Waals surface area (Å²) < 4.78 is 0. The zero-order valence-corrected chi connectivity index (χ0v) is 12.2. The fraction of sp³-hybridized carbons (Fsp3) is 0.250. The number of pyridine rings is 1. The van der Waals surface area contributed by atoms with E-state index in [0.717, 1.165) is 18.7 Å². The molecule has 0 saturated carbocycles. The van der Waals surface area contributed by atoms with Crippen LogP contribution in [0.15, 0.2) is 41.9 Å². The van der Waals surface area contributed by atoms with Gasteiger partial charge in [0.2, 0.25) is 0 Å². The highest BCUT2D eigenvalue weighted by Gasteiger charge is 2.20. The highest BCUT2D eigenvalue weighted by Crippen LogP contribution is 2.26. The third-order valence-corrected chi connectivity index (χ3v) is 4.52. The summed E-state index contributed by atoms with van der Waals surface area (Å²) in [5, 5.41) is 2.09. The summed E-state index contributed by atoms with van der Waals surface area (Å²) in [6.07, 6.45) is 4.81. The van der Waals surface area contributed by atoms with E-state index < -0.39 is 0 Å². The minimum Gasteiger partial charge on any atom is -0.335 e. The molecule has 0 N–H and O–H groups in total. The largest absolute Gasteiger partial charge is 0.335 e. The first-order valence-corrected chi connectivity index (χ1v) is 7.57. The first-order valence-electron chi connectivity index (χ1n) is 6.69. The molecule has 0 atom stereocenters. The highest BCUT2D eigenvalue weighted by atomic mass is 32.1. The molecule has 3 nitrogen and oxygen atoms in total. The molecule has 0 aliphatic carbocycles. The second-order valence-corrected chi connectivity index (χ2v) is 5.79. The van der Waals surface area contributed by atoms with E-state index in [4.69, 9.17) is 0 Å². The van der Waals surface area contributed by atoms with Crippen molar-refractivity contribution >= 4 is 22.8 Å². The number of carbonyl (C=O) groups is 1. The van der Waals surface area contributed by atoms with E-state index in [1.54, 1.807) is 17.5 Å². The summed E-state index contributed by atoms with van der Waals surface area (Å²) in [5.41, 5.74) is 2.86. The third-order valence-electron chi connectivity index (χ3n) is 3.57. The van der Waals surface area contributed by atoms with Crippen molar-refractivity contribution in [1.29, 1.82) is 0 Å². The predicted molar refractivity (Wildman–Crippen MR) is 81.8 cm³/mol. The summed E-state index contributed by atoms with van der Waals surface area (Å²) in [5.74, 6) is 0.0806. The van der Waals surface area contributed by atoms with Crippen LogP contribution in [0.4, 0.5) is 0 Å². The van der Waals surface area contributed by atoms with Crippen LogP contribution in [0.5, 0.6) is 0 Å². The first kappa shape index (κ1) is 13.1. The quantitative estimate of drug-likeness (QED) is 0.847. The van der Waals surface area contributed by atoms with E-state index in [1.807, 2.05) is 24.0 Å². The second-order valence-electron chi connectivity index (χ2n) is 4.84. The smallest absolute Gasteiger partial charge is 0.255 e. The average Bonchev–Trinajstić information content (AvgIpc) is 3.01. The number of aryl methyl sites for hydroxylation is 1. The van der Waals surface area contributed by atoms with Crippen LogP contribution in [0.25, 0.3) is 5.57 Å². The number of thiophene rings is 1. The van der Waals surface area contributed by atoms with Gasteiger partial charge in [0.25, 0.3) is 5.91 Å². The number of carbonyl (C=O) groups excluding carboxylic acids is 1. The molecule has 0 spiro atoms. The van der Waals surface area contributed by atoms with Crippen LogP contribution in [0.1, 0.15) is 27.3 Å². The highest BCUT2D eigenvalue weighted by molar-refractivity contribution is 7.11. The molecule has 1 aliphatic heterocycles. The van der Waals surface area contributed by atoms with Crippen LogP contribution < -0.4 is 0 Å². The monoisotopic (exact) mass is 284 g/mol. The zero-order chi connectivity index (χ0) is 13.9. The lowest BCUT2D eigenvalue weighted by Crippen LogP contribution is -2.35. The Bertz CT molecular complexity index is 646. The molecule has 0 unspecified atom stereocenters. The second kappa shape index (κ2) is 5.59. The Morgan fingerprint density at radius 2 is 2.25 bits per heavy atom. The van der Waals surface area contributed by atoms with Crippen LogP contribution in [0.2, 0.25) is 0 Å². The molecular weight excluding hydrogens is 268 g/mol. The van der Waals surface area contributed by atoms with Crippen LogP contribution >= 0.6 is 11.3 Å². The lowest BCUT2D eigenvalue weighted by atomic mass is 10.1. The van der Waals surface area contributed by atoms with Gasteiger partial charge in [-0.15, -0.1) is 11.3 Å². The van der Waals surface area contributed by atoms with Crippen LogP contribution in [-0.2, 0) is 0 Å². The molecule has 2 aromatic heterocycles. The Hall–Kier alpha value is -1.94. The normalized spacial score (nSPS) is 15.1. The summed E-state index contributed by atoms with van der Waals surface area (Å²) in [6, 6.07) is 7.87. The molecule has 102 valence electrons. The van der Waals surface area contributed by atoms with Crippen molar-refractivity contribution in [2.24, 2.45) is 0 Å². The van der Waals surface area contributed by atoms with Gasteiger partial charge in [-0.05, 0) is 42.5 Å². The Balaban J connectivity index is 1.75. The Morgan fingerprint density at radius 1 is 1.35 bits per heavy atom. The molecule has 0 radical (unpaired) electrons. The summed E-state index contributed by atoms with van der Waals surface area (Å²) in [7, 11) is 0. The van der Waals surface area contributed by atoms with Crippen molar-refractivity contribution in [3.05, 3.63) is 58.1 Å². The van der Waals surface area contributed by atoms with Crippen molar-refractivity contribution in [2.45, 2.75) is 13.3 Å². The lowest BCUT2D eigenvalue weighted by Gasteiger charge is -2.26. The predicted octanol–water partition coefficient (Wildman–Crippen LogP) is 3.38. The topological polar surface area (TPSA) is 33.2 Å². The van der Waals surface area contributed by atoms with Crippen molar-refractivity contribution in [3.63, 3.8) is 0 Å². The van der Waals surface area contributed by atoms with Gasteiger partial charge >= 0.3 is 0 Å². The summed E-state index contributed by atoms with van der Waals surface area (Å²) in [4.78, 5) is 19.9. The Labute approximate surface area is 122 Å². The first-order chi connectivity index (χ1) is 9.75. The van der Waals surface area contributed by atoms with Gasteiger partial charge in [0, 0.05) is 29.9 Å². The number of rotatable bonds is 2. The van der Waals surface area contributed by atoms with Crippen molar-refractivity contribution in [2.75, 3.05) is 13.1 Å². The number of amides is 1. The summed E-state index contributed by atoms with van der Waals surface area (Å²) >= 11 is 1.76. The number of hydrogen-bond acceptors (Lipinski definition) is 3. The molecule has 0 bridgehead atoms. The Kier molecular flexibility index (Phi) is 3.65. The summed E-state index contributed by atoms with van der Waals surface area (Å²) in [6.45, 7) is 3.33. The molecule has 2 aromatic rings. The van der Waals surface area contributed by atoms with E-state index in [-0.39, 0.29) is 5.91 Å². The molecular formula is C16H16N2OS. The maximum atomic E-state index is 12.5. The number of nitrogens with zero attached hydrogens (tertiary/aromatic N) is 2. The fourth-order valence-corrected chi connectivity index (χ4v) is 3.22. The van der Waals surface area contributed by atoms with E-state index in [2.05, 4.69) is 28.6 Å². The van der Waals surface area contributed by atoms with Gasteiger partial charge in [0.05, 0.1) is 5.56 Å². The van der Waals surface area contributed by atoms with Crippen LogP contribution in [0, 0.1) is 6.92 Å². The molecule has 4 heteroatoms. The molecule has 1 amide bonds. The number of aromatic nitrogens is 1. The molecule has 0 aromatic carbocycles. The standard InChI is InChI=1S/C16H16N2OS/c1-12-14(4-2-8-17-12)16(19)18-9-6-13(7-10-18)15-5-3-11-20-15/h2-6,8,11H,7,9-10H2,1H3. The molecule has 20 heavy (non-hydrogen) atoms. The van der Waals surface area contributed by atoms with Gasteiger partial charge in [-0.25, -0.2) is 0 Å². The average molecular weight is 284 g/mol. The molecule has 1 aliphatic rings. The fourth-order valence-electron chi connectivity index (χ4n) is 2.42. The molecule has 3 rings (SSSR count). The lowest BCUT2D eigenvalue weighted by molar-refractivity contribution is 0.0771. The van der Waals surface area contributed by atoms with Gasteiger partial charge in [-0.2, -0.15) is 0 Å².